The number of aromatic nitrogens is 2. The average Bonchev–Trinajstić information content (AvgIpc) is 2.41. The number of nitrogens with zero attached hydrogens (tertiary/aromatic N) is 2. The molecule has 0 aliphatic rings. The molecule has 0 bridgehead atoms. The van der Waals surface area contributed by atoms with Crippen molar-refractivity contribution in [3.8, 4) is 17.0 Å². The van der Waals surface area contributed by atoms with Gasteiger partial charge in [0.1, 0.15) is 5.75 Å². The number of nitrogens with two attached hydrogens (primary N) is 1. The van der Waals surface area contributed by atoms with Gasteiger partial charge in [-0.25, -0.2) is 4.68 Å². The molecule has 0 spiro atoms. The molecule has 1 aromatic heterocycles. The van der Waals surface area contributed by atoms with E-state index < -0.39 is 0 Å². The highest BCUT2D eigenvalue weighted by molar-refractivity contribution is 5.64. The molecular weight excluding hydrogens is 230 g/mol. The summed E-state index contributed by atoms with van der Waals surface area (Å²) >= 11 is 0. The lowest BCUT2D eigenvalue weighted by Crippen LogP contribution is -2.21. The van der Waals surface area contributed by atoms with Crippen LogP contribution >= 0.6 is 0 Å². The zero-order chi connectivity index (χ0) is 13.1. The van der Waals surface area contributed by atoms with Gasteiger partial charge in [-0.3, -0.25) is 4.79 Å². The Morgan fingerprint density at radius 1 is 1.39 bits per heavy atom. The zero-order valence-corrected chi connectivity index (χ0v) is 10.4. The molecule has 0 aliphatic carbocycles. The van der Waals surface area contributed by atoms with Crippen LogP contribution in [0.4, 0.5) is 0 Å². The van der Waals surface area contributed by atoms with E-state index in [2.05, 4.69) is 5.10 Å². The lowest BCUT2D eigenvalue weighted by molar-refractivity contribution is 0.415. The molecule has 1 heterocycles. The first-order chi connectivity index (χ1) is 8.65. The highest BCUT2D eigenvalue weighted by atomic mass is 16.5. The van der Waals surface area contributed by atoms with E-state index >= 15 is 0 Å². The van der Waals surface area contributed by atoms with E-state index in [1.165, 1.54) is 10.7 Å². The molecule has 0 radical (unpaired) electrons. The second-order valence-electron chi connectivity index (χ2n) is 3.92. The lowest BCUT2D eigenvalue weighted by Gasteiger charge is -2.09. The van der Waals surface area contributed by atoms with Gasteiger partial charge in [-0.15, -0.1) is 0 Å². The monoisotopic (exact) mass is 245 g/mol. The first-order valence-corrected chi connectivity index (χ1v) is 5.57. The molecule has 0 aliphatic heterocycles. The fourth-order valence-electron chi connectivity index (χ4n) is 1.74. The van der Waals surface area contributed by atoms with Crippen LogP contribution in [0.1, 0.15) is 5.56 Å². The van der Waals surface area contributed by atoms with Gasteiger partial charge < -0.3 is 10.5 Å². The van der Waals surface area contributed by atoms with Crippen LogP contribution in [0.5, 0.6) is 5.75 Å². The third-order valence-corrected chi connectivity index (χ3v) is 2.73. The largest absolute Gasteiger partial charge is 0.497 e. The number of benzene rings is 1. The molecule has 0 atom stereocenters. The topological polar surface area (TPSA) is 70.1 Å². The molecule has 18 heavy (non-hydrogen) atoms. The van der Waals surface area contributed by atoms with E-state index in [-0.39, 0.29) is 12.1 Å². The number of rotatable bonds is 3. The summed E-state index contributed by atoms with van der Waals surface area (Å²) in [6.45, 7) is 0.273. The molecule has 0 amide bonds. The van der Waals surface area contributed by atoms with Gasteiger partial charge in [0.15, 0.2) is 0 Å². The van der Waals surface area contributed by atoms with Gasteiger partial charge in [-0.1, -0.05) is 12.1 Å². The van der Waals surface area contributed by atoms with Crippen molar-refractivity contribution in [1.82, 2.24) is 9.78 Å². The molecule has 2 N–H and O–H groups in total. The highest BCUT2D eigenvalue weighted by Crippen LogP contribution is 2.23. The van der Waals surface area contributed by atoms with Crippen LogP contribution in [0.2, 0.25) is 0 Å². The Morgan fingerprint density at radius 2 is 2.17 bits per heavy atom. The Bertz CT molecular complexity index is 620. The second kappa shape index (κ2) is 5.01. The summed E-state index contributed by atoms with van der Waals surface area (Å²) in [6.07, 6.45) is 0. The average molecular weight is 245 g/mol. The summed E-state index contributed by atoms with van der Waals surface area (Å²) in [6, 6.07) is 9.02. The molecule has 5 heteroatoms. The van der Waals surface area contributed by atoms with Gasteiger partial charge in [0, 0.05) is 25.2 Å². The fourth-order valence-corrected chi connectivity index (χ4v) is 1.74. The maximum Gasteiger partial charge on any atom is 0.266 e. The fraction of sp³-hybridized carbons (Fsp3) is 0.231. The minimum absolute atomic E-state index is 0.165. The number of hydrogen-bond acceptors (Lipinski definition) is 4. The molecule has 0 fully saturated rings. The van der Waals surface area contributed by atoms with Crippen LogP contribution in [0.3, 0.4) is 0 Å². The summed E-state index contributed by atoms with van der Waals surface area (Å²) in [5, 5.41) is 4.26. The summed E-state index contributed by atoms with van der Waals surface area (Å²) in [4.78, 5) is 11.5. The van der Waals surface area contributed by atoms with Gasteiger partial charge in [0.25, 0.3) is 5.56 Å². The van der Waals surface area contributed by atoms with Crippen LogP contribution in [0, 0.1) is 0 Å². The van der Waals surface area contributed by atoms with Crippen molar-refractivity contribution < 1.29 is 4.74 Å². The highest BCUT2D eigenvalue weighted by Gasteiger charge is 2.09. The smallest absolute Gasteiger partial charge is 0.266 e. The minimum Gasteiger partial charge on any atom is -0.497 e. The molecule has 0 unspecified atom stereocenters. The van der Waals surface area contributed by atoms with Gasteiger partial charge in [0.05, 0.1) is 12.8 Å². The van der Waals surface area contributed by atoms with Gasteiger partial charge in [0.2, 0.25) is 0 Å². The molecule has 1 aromatic carbocycles. The van der Waals surface area contributed by atoms with Gasteiger partial charge in [-0.2, -0.15) is 5.10 Å². The normalized spacial score (nSPS) is 10.4. The third-order valence-electron chi connectivity index (χ3n) is 2.73. The quantitative estimate of drug-likeness (QED) is 0.872. The standard InChI is InChI=1S/C13H15N3O2/c1-16-12(17)7-10(8-14)13(15-16)9-4-3-5-11(6-9)18-2/h3-7H,8,14H2,1-2H3. The predicted molar refractivity (Wildman–Crippen MR) is 69.4 cm³/mol. The van der Waals surface area contributed by atoms with Crippen molar-refractivity contribution in [2.24, 2.45) is 12.8 Å². The second-order valence-corrected chi connectivity index (χ2v) is 3.92. The van der Waals surface area contributed by atoms with Crippen molar-refractivity contribution in [3.05, 3.63) is 46.2 Å². The summed E-state index contributed by atoms with van der Waals surface area (Å²) in [7, 11) is 3.23. The number of hydrogen-bond donors (Lipinski definition) is 1. The molecule has 5 nitrogen and oxygen atoms in total. The maximum absolute atomic E-state index is 11.5. The molecule has 2 aromatic rings. The lowest BCUT2D eigenvalue weighted by atomic mass is 10.1. The van der Waals surface area contributed by atoms with E-state index in [1.54, 1.807) is 14.2 Å². The molecule has 0 saturated carbocycles. The molecule has 94 valence electrons. The van der Waals surface area contributed by atoms with E-state index in [4.69, 9.17) is 10.5 Å². The molecule has 0 saturated heterocycles. The Kier molecular flexibility index (Phi) is 3.43. The van der Waals surface area contributed by atoms with E-state index in [0.717, 1.165) is 16.9 Å². The van der Waals surface area contributed by atoms with Crippen molar-refractivity contribution in [1.29, 1.82) is 0 Å². The third kappa shape index (κ3) is 2.26. The van der Waals surface area contributed by atoms with Crippen LogP contribution < -0.4 is 16.0 Å². The number of ether oxygens (including phenoxy) is 1. The number of aryl methyl sites for hydroxylation is 1. The van der Waals surface area contributed by atoms with Crippen LogP contribution in [0.15, 0.2) is 35.1 Å². The molecular formula is C13H15N3O2. The Labute approximate surface area is 105 Å². The predicted octanol–water partition coefficient (Wildman–Crippen LogP) is 0.915. The Morgan fingerprint density at radius 3 is 2.83 bits per heavy atom. The minimum atomic E-state index is -0.165. The van der Waals surface area contributed by atoms with Gasteiger partial charge >= 0.3 is 0 Å². The van der Waals surface area contributed by atoms with E-state index in [1.807, 2.05) is 24.3 Å². The van der Waals surface area contributed by atoms with Crippen LogP contribution in [-0.4, -0.2) is 16.9 Å². The van der Waals surface area contributed by atoms with Crippen molar-refractivity contribution >= 4 is 0 Å². The molecule has 2 rings (SSSR count). The zero-order valence-electron chi connectivity index (χ0n) is 10.4. The van der Waals surface area contributed by atoms with Crippen molar-refractivity contribution in [3.63, 3.8) is 0 Å². The van der Waals surface area contributed by atoms with Crippen molar-refractivity contribution in [2.45, 2.75) is 6.54 Å². The summed E-state index contributed by atoms with van der Waals surface area (Å²) < 4.78 is 6.48. The number of methoxy groups -OCH3 is 1. The summed E-state index contributed by atoms with van der Waals surface area (Å²) in [5.41, 5.74) is 7.81. The van der Waals surface area contributed by atoms with Gasteiger partial charge in [-0.05, 0) is 17.7 Å². The maximum atomic E-state index is 11.5. The van der Waals surface area contributed by atoms with Crippen molar-refractivity contribution in [2.75, 3.05) is 7.11 Å². The first-order valence-electron chi connectivity index (χ1n) is 5.57. The SMILES string of the molecule is COc1cccc(-c2nn(C)c(=O)cc2CN)c1. The summed E-state index contributed by atoms with van der Waals surface area (Å²) in [5.74, 6) is 0.742. The Balaban J connectivity index is 2.62. The van der Waals surface area contributed by atoms with Crippen LogP contribution in [0.25, 0.3) is 11.3 Å². The van der Waals surface area contributed by atoms with E-state index in [0.29, 0.717) is 5.69 Å². The Hall–Kier alpha value is -2.14. The van der Waals surface area contributed by atoms with Crippen LogP contribution in [-0.2, 0) is 13.6 Å². The first kappa shape index (κ1) is 12.3. The van der Waals surface area contributed by atoms with E-state index in [9.17, 15) is 4.79 Å².